The topological polar surface area (TPSA) is 35.2 Å². The van der Waals surface area contributed by atoms with Crippen LogP contribution < -0.4 is 10.5 Å². The average Bonchev–Trinajstić information content (AvgIpc) is 2.46. The lowest BCUT2D eigenvalue weighted by Crippen LogP contribution is -1.99. The number of thioether (sulfide) groups is 1. The van der Waals surface area contributed by atoms with Gasteiger partial charge in [0.15, 0.2) is 0 Å². The molecule has 0 aromatic heterocycles. The van der Waals surface area contributed by atoms with Crippen LogP contribution in [0.3, 0.4) is 0 Å². The maximum absolute atomic E-state index is 5.71. The first-order chi connectivity index (χ1) is 9.63. The SMILES string of the molecule is COc1ccc(CN)cc1CSc1ccc(C)cc1C. The number of methoxy groups -OCH3 is 1. The number of aryl methyl sites for hydroxylation is 2. The summed E-state index contributed by atoms with van der Waals surface area (Å²) in [5, 5.41) is 0. The summed E-state index contributed by atoms with van der Waals surface area (Å²) < 4.78 is 5.43. The molecule has 0 amide bonds. The Morgan fingerprint density at radius 3 is 2.55 bits per heavy atom. The Labute approximate surface area is 125 Å². The van der Waals surface area contributed by atoms with Gasteiger partial charge in [-0.05, 0) is 43.2 Å². The Kier molecular flexibility index (Phi) is 5.10. The van der Waals surface area contributed by atoms with Crippen LogP contribution in [0.5, 0.6) is 5.75 Å². The Morgan fingerprint density at radius 1 is 1.10 bits per heavy atom. The number of benzene rings is 2. The van der Waals surface area contributed by atoms with Crippen molar-refractivity contribution in [2.75, 3.05) is 7.11 Å². The van der Waals surface area contributed by atoms with Crippen molar-refractivity contribution < 1.29 is 4.74 Å². The molecule has 2 rings (SSSR count). The molecule has 0 unspecified atom stereocenters. The highest BCUT2D eigenvalue weighted by Gasteiger charge is 2.06. The molecule has 2 nitrogen and oxygen atoms in total. The third-order valence-electron chi connectivity index (χ3n) is 3.29. The van der Waals surface area contributed by atoms with Gasteiger partial charge in [-0.1, -0.05) is 23.8 Å². The molecular weight excluding hydrogens is 266 g/mol. The second kappa shape index (κ2) is 6.82. The van der Waals surface area contributed by atoms with E-state index in [-0.39, 0.29) is 0 Å². The van der Waals surface area contributed by atoms with Crippen LogP contribution in [0.25, 0.3) is 0 Å². The third-order valence-corrected chi connectivity index (χ3v) is 4.52. The number of ether oxygens (including phenoxy) is 1. The number of hydrogen-bond acceptors (Lipinski definition) is 3. The normalized spacial score (nSPS) is 10.6. The van der Waals surface area contributed by atoms with Crippen molar-refractivity contribution in [2.24, 2.45) is 5.73 Å². The summed E-state index contributed by atoms with van der Waals surface area (Å²) in [5.41, 5.74) is 10.7. The van der Waals surface area contributed by atoms with Crippen molar-refractivity contribution >= 4 is 11.8 Å². The van der Waals surface area contributed by atoms with Gasteiger partial charge in [-0.2, -0.15) is 0 Å². The van der Waals surface area contributed by atoms with E-state index in [1.807, 2.05) is 23.9 Å². The van der Waals surface area contributed by atoms with Gasteiger partial charge in [0.05, 0.1) is 7.11 Å². The minimum atomic E-state index is 0.561. The second-order valence-electron chi connectivity index (χ2n) is 4.91. The van der Waals surface area contributed by atoms with E-state index in [1.54, 1.807) is 7.11 Å². The monoisotopic (exact) mass is 287 g/mol. The van der Waals surface area contributed by atoms with Crippen molar-refractivity contribution in [2.45, 2.75) is 31.0 Å². The second-order valence-corrected chi connectivity index (χ2v) is 5.93. The number of nitrogens with two attached hydrogens (primary N) is 1. The Bertz CT molecular complexity index is 596. The first-order valence-corrected chi connectivity index (χ1v) is 7.68. The lowest BCUT2D eigenvalue weighted by Gasteiger charge is -2.11. The molecule has 2 N–H and O–H groups in total. The summed E-state index contributed by atoms with van der Waals surface area (Å²) in [6, 6.07) is 12.7. The molecule has 0 aliphatic carbocycles. The molecule has 0 spiro atoms. The highest BCUT2D eigenvalue weighted by Crippen LogP contribution is 2.30. The summed E-state index contributed by atoms with van der Waals surface area (Å²) in [5.74, 6) is 1.82. The molecule has 2 aromatic rings. The summed E-state index contributed by atoms with van der Waals surface area (Å²) in [4.78, 5) is 1.32. The summed E-state index contributed by atoms with van der Waals surface area (Å²) in [7, 11) is 1.71. The number of hydrogen-bond donors (Lipinski definition) is 1. The van der Waals surface area contributed by atoms with Crippen molar-refractivity contribution in [3.05, 3.63) is 58.7 Å². The predicted molar refractivity (Wildman–Crippen MR) is 86.4 cm³/mol. The Balaban J connectivity index is 2.17. The van der Waals surface area contributed by atoms with Gasteiger partial charge in [-0.25, -0.2) is 0 Å². The molecule has 0 saturated carbocycles. The summed E-state index contributed by atoms with van der Waals surface area (Å²) in [6.07, 6.45) is 0. The molecule has 0 saturated heterocycles. The molecule has 106 valence electrons. The van der Waals surface area contributed by atoms with Crippen molar-refractivity contribution in [3.8, 4) is 5.75 Å². The first kappa shape index (κ1) is 14.9. The molecular formula is C17H21NOS. The quantitative estimate of drug-likeness (QED) is 0.842. The van der Waals surface area contributed by atoms with Gasteiger partial charge in [0.25, 0.3) is 0 Å². The van der Waals surface area contributed by atoms with Crippen molar-refractivity contribution in [3.63, 3.8) is 0 Å². The lowest BCUT2D eigenvalue weighted by molar-refractivity contribution is 0.411. The van der Waals surface area contributed by atoms with Crippen molar-refractivity contribution in [1.82, 2.24) is 0 Å². The van der Waals surface area contributed by atoms with Gasteiger partial charge in [0, 0.05) is 22.8 Å². The summed E-state index contributed by atoms with van der Waals surface area (Å²) in [6.45, 7) is 4.84. The van der Waals surface area contributed by atoms with Crippen LogP contribution in [0.4, 0.5) is 0 Å². The largest absolute Gasteiger partial charge is 0.496 e. The maximum atomic E-state index is 5.71. The van der Waals surface area contributed by atoms with Gasteiger partial charge in [0.2, 0.25) is 0 Å². The molecule has 20 heavy (non-hydrogen) atoms. The molecule has 0 radical (unpaired) electrons. The van der Waals surface area contributed by atoms with Crippen LogP contribution >= 0.6 is 11.8 Å². The first-order valence-electron chi connectivity index (χ1n) is 6.70. The van der Waals surface area contributed by atoms with E-state index in [9.17, 15) is 0 Å². The van der Waals surface area contributed by atoms with Crippen LogP contribution in [0.1, 0.15) is 22.3 Å². The van der Waals surface area contributed by atoms with E-state index < -0.39 is 0 Å². The zero-order valence-electron chi connectivity index (χ0n) is 12.3. The molecule has 0 atom stereocenters. The minimum Gasteiger partial charge on any atom is -0.496 e. The predicted octanol–water partition coefficient (Wildman–Crippen LogP) is 4.06. The molecule has 0 bridgehead atoms. The molecule has 3 heteroatoms. The molecule has 0 aliphatic rings. The van der Waals surface area contributed by atoms with E-state index in [1.165, 1.54) is 21.6 Å². The molecule has 0 fully saturated rings. The maximum Gasteiger partial charge on any atom is 0.122 e. The summed E-state index contributed by atoms with van der Waals surface area (Å²) >= 11 is 1.84. The fraction of sp³-hybridized carbons (Fsp3) is 0.294. The zero-order chi connectivity index (χ0) is 14.5. The van der Waals surface area contributed by atoms with Crippen molar-refractivity contribution in [1.29, 1.82) is 0 Å². The van der Waals surface area contributed by atoms with Gasteiger partial charge >= 0.3 is 0 Å². The van der Waals surface area contributed by atoms with E-state index in [2.05, 4.69) is 38.1 Å². The third kappa shape index (κ3) is 3.56. The van der Waals surface area contributed by atoms with Gasteiger partial charge in [-0.15, -0.1) is 11.8 Å². The van der Waals surface area contributed by atoms with Crippen LogP contribution in [0.2, 0.25) is 0 Å². The fourth-order valence-electron chi connectivity index (χ4n) is 2.19. The smallest absolute Gasteiger partial charge is 0.122 e. The van der Waals surface area contributed by atoms with Crippen LogP contribution in [0.15, 0.2) is 41.3 Å². The van der Waals surface area contributed by atoms with Gasteiger partial charge < -0.3 is 10.5 Å². The van der Waals surface area contributed by atoms with Crippen LogP contribution in [0, 0.1) is 13.8 Å². The standard InChI is InChI=1S/C17H21NOS/c1-12-4-7-17(13(2)8-12)20-11-15-9-14(10-18)5-6-16(15)19-3/h4-9H,10-11,18H2,1-3H3. The highest BCUT2D eigenvalue weighted by atomic mass is 32.2. The number of rotatable bonds is 5. The minimum absolute atomic E-state index is 0.561. The van der Waals surface area contributed by atoms with Gasteiger partial charge in [-0.3, -0.25) is 0 Å². The average molecular weight is 287 g/mol. The molecule has 0 heterocycles. The lowest BCUT2D eigenvalue weighted by atomic mass is 10.1. The zero-order valence-corrected chi connectivity index (χ0v) is 13.1. The molecule has 0 aliphatic heterocycles. The van der Waals surface area contributed by atoms with Gasteiger partial charge in [0.1, 0.15) is 5.75 Å². The fourth-order valence-corrected chi connectivity index (χ4v) is 3.18. The highest BCUT2D eigenvalue weighted by molar-refractivity contribution is 7.98. The van der Waals surface area contributed by atoms with E-state index >= 15 is 0 Å². The Morgan fingerprint density at radius 2 is 1.90 bits per heavy atom. The van der Waals surface area contributed by atoms with E-state index in [4.69, 9.17) is 10.5 Å². The molecule has 2 aromatic carbocycles. The van der Waals surface area contributed by atoms with Crippen LogP contribution in [-0.2, 0) is 12.3 Å². The van der Waals surface area contributed by atoms with Crippen LogP contribution in [-0.4, -0.2) is 7.11 Å². The Hall–Kier alpha value is -1.45. The van der Waals surface area contributed by atoms with E-state index in [0.29, 0.717) is 6.54 Å². The van der Waals surface area contributed by atoms with E-state index in [0.717, 1.165) is 17.1 Å².